The van der Waals surface area contributed by atoms with Gasteiger partial charge in [-0.3, -0.25) is 4.79 Å². The van der Waals surface area contributed by atoms with Crippen molar-refractivity contribution in [3.8, 4) is 0 Å². The predicted octanol–water partition coefficient (Wildman–Crippen LogP) is -1.03. The normalized spacial score (nSPS) is 14.9. The number of carbonyl (C=O) groups excluding carboxylic acids is 1. The topological polar surface area (TPSA) is 70.6 Å². The average molecular weight is 204 g/mol. The zero-order valence-electron chi connectivity index (χ0n) is 9.04. The van der Waals surface area contributed by atoms with Crippen molar-refractivity contribution in [3.05, 3.63) is 0 Å². The van der Waals surface area contributed by atoms with Gasteiger partial charge in [-0.2, -0.15) is 0 Å². The molecule has 0 aromatic carbocycles. The first-order valence-electron chi connectivity index (χ1n) is 4.70. The van der Waals surface area contributed by atoms with E-state index in [4.69, 9.17) is 9.84 Å². The summed E-state index contributed by atoms with van der Waals surface area (Å²) in [5, 5.41) is 14.5. The lowest BCUT2D eigenvalue weighted by molar-refractivity contribution is -0.125. The largest absolute Gasteiger partial charge is 0.394 e. The molecule has 84 valence electrons. The highest BCUT2D eigenvalue weighted by atomic mass is 16.5. The Kier molecular flexibility index (Phi) is 7.37. The van der Waals surface area contributed by atoms with Crippen LogP contribution in [-0.2, 0) is 9.53 Å². The van der Waals surface area contributed by atoms with Crippen molar-refractivity contribution in [1.29, 1.82) is 0 Å². The van der Waals surface area contributed by atoms with Gasteiger partial charge in [0.2, 0.25) is 5.91 Å². The maximum absolute atomic E-state index is 11.5. The quantitative estimate of drug-likeness (QED) is 0.496. The molecule has 2 atom stereocenters. The van der Waals surface area contributed by atoms with Crippen LogP contribution in [0.2, 0.25) is 0 Å². The summed E-state index contributed by atoms with van der Waals surface area (Å²) >= 11 is 0. The van der Waals surface area contributed by atoms with Crippen molar-refractivity contribution in [2.24, 2.45) is 5.92 Å². The standard InChI is InChI=1S/C9H20N2O3/c1-7(4-10-2)9(13)11-8(5-12)6-14-3/h7-8,10,12H,4-6H2,1-3H3,(H,11,13). The van der Waals surface area contributed by atoms with Gasteiger partial charge in [0.1, 0.15) is 0 Å². The summed E-state index contributed by atoms with van der Waals surface area (Å²) in [7, 11) is 3.33. The zero-order chi connectivity index (χ0) is 11.0. The molecule has 0 radical (unpaired) electrons. The molecule has 1 amide bonds. The molecule has 0 bridgehead atoms. The van der Waals surface area contributed by atoms with Gasteiger partial charge in [0.25, 0.3) is 0 Å². The van der Waals surface area contributed by atoms with Crippen molar-refractivity contribution in [3.63, 3.8) is 0 Å². The second-order valence-electron chi connectivity index (χ2n) is 3.30. The number of rotatable bonds is 7. The molecule has 3 N–H and O–H groups in total. The SMILES string of the molecule is CNCC(C)C(=O)NC(CO)COC. The molecule has 0 heterocycles. The fourth-order valence-electron chi connectivity index (χ4n) is 1.08. The minimum absolute atomic E-state index is 0.0737. The van der Waals surface area contributed by atoms with Crippen molar-refractivity contribution in [2.45, 2.75) is 13.0 Å². The summed E-state index contributed by atoms with van der Waals surface area (Å²) in [6, 6.07) is -0.313. The smallest absolute Gasteiger partial charge is 0.224 e. The van der Waals surface area contributed by atoms with E-state index in [9.17, 15) is 4.79 Å². The Labute approximate surface area is 84.8 Å². The molecule has 0 aromatic heterocycles. The number of hydrogen-bond acceptors (Lipinski definition) is 4. The molecule has 0 rings (SSSR count). The molecule has 14 heavy (non-hydrogen) atoms. The van der Waals surface area contributed by atoms with E-state index >= 15 is 0 Å². The maximum Gasteiger partial charge on any atom is 0.224 e. The van der Waals surface area contributed by atoms with E-state index in [1.54, 1.807) is 7.05 Å². The molecule has 2 unspecified atom stereocenters. The van der Waals surface area contributed by atoms with Crippen LogP contribution in [0.1, 0.15) is 6.92 Å². The van der Waals surface area contributed by atoms with Gasteiger partial charge < -0.3 is 20.5 Å². The number of carbonyl (C=O) groups is 1. The molecule has 0 saturated carbocycles. The third kappa shape index (κ3) is 5.16. The maximum atomic E-state index is 11.5. The van der Waals surface area contributed by atoms with Crippen LogP contribution in [0.5, 0.6) is 0 Å². The monoisotopic (exact) mass is 204 g/mol. The van der Waals surface area contributed by atoms with E-state index in [1.165, 1.54) is 7.11 Å². The number of nitrogens with one attached hydrogen (secondary N) is 2. The highest BCUT2D eigenvalue weighted by molar-refractivity contribution is 5.78. The van der Waals surface area contributed by atoms with Gasteiger partial charge in [-0.1, -0.05) is 6.92 Å². The van der Waals surface area contributed by atoms with Crippen molar-refractivity contribution in [2.75, 3.05) is 33.9 Å². The molecular formula is C9H20N2O3. The molecule has 0 fully saturated rings. The number of ether oxygens (including phenoxy) is 1. The van der Waals surface area contributed by atoms with Crippen LogP contribution in [0.25, 0.3) is 0 Å². The van der Waals surface area contributed by atoms with Gasteiger partial charge in [0, 0.05) is 19.6 Å². The van der Waals surface area contributed by atoms with Gasteiger partial charge in [0.05, 0.1) is 19.3 Å². The summed E-state index contributed by atoms with van der Waals surface area (Å²) in [6.45, 7) is 2.67. The lowest BCUT2D eigenvalue weighted by Crippen LogP contribution is -2.44. The van der Waals surface area contributed by atoms with E-state index in [0.29, 0.717) is 13.2 Å². The number of methoxy groups -OCH3 is 1. The third-order valence-electron chi connectivity index (χ3n) is 1.89. The van der Waals surface area contributed by atoms with Crippen molar-refractivity contribution >= 4 is 5.91 Å². The van der Waals surface area contributed by atoms with Crippen LogP contribution in [0.15, 0.2) is 0 Å². The molecular weight excluding hydrogens is 184 g/mol. The van der Waals surface area contributed by atoms with E-state index in [1.807, 2.05) is 6.92 Å². The first-order valence-corrected chi connectivity index (χ1v) is 4.70. The fraction of sp³-hybridized carbons (Fsp3) is 0.889. The average Bonchev–Trinajstić information content (AvgIpc) is 2.17. The van der Waals surface area contributed by atoms with Gasteiger partial charge in [0.15, 0.2) is 0 Å². The Morgan fingerprint density at radius 2 is 2.21 bits per heavy atom. The van der Waals surface area contributed by atoms with E-state index < -0.39 is 0 Å². The zero-order valence-corrected chi connectivity index (χ0v) is 9.04. The van der Waals surface area contributed by atoms with Crippen LogP contribution >= 0.6 is 0 Å². The number of hydrogen-bond donors (Lipinski definition) is 3. The van der Waals surface area contributed by atoms with Crippen LogP contribution in [0, 0.1) is 5.92 Å². The van der Waals surface area contributed by atoms with E-state index in [-0.39, 0.29) is 24.5 Å². The second kappa shape index (κ2) is 7.73. The predicted molar refractivity (Wildman–Crippen MR) is 54.0 cm³/mol. The van der Waals surface area contributed by atoms with Crippen molar-refractivity contribution < 1.29 is 14.6 Å². The van der Waals surface area contributed by atoms with Crippen LogP contribution in [0.3, 0.4) is 0 Å². The van der Waals surface area contributed by atoms with Crippen molar-refractivity contribution in [1.82, 2.24) is 10.6 Å². The Bertz CT molecular complexity index is 164. The lowest BCUT2D eigenvalue weighted by atomic mass is 10.1. The lowest BCUT2D eigenvalue weighted by Gasteiger charge is -2.18. The molecule has 0 aliphatic heterocycles. The van der Waals surface area contributed by atoms with E-state index in [2.05, 4.69) is 10.6 Å². The number of amides is 1. The Hall–Kier alpha value is -0.650. The van der Waals surface area contributed by atoms with E-state index in [0.717, 1.165) is 0 Å². The van der Waals surface area contributed by atoms with Gasteiger partial charge in [-0.25, -0.2) is 0 Å². The van der Waals surface area contributed by atoms with Gasteiger partial charge >= 0.3 is 0 Å². The second-order valence-corrected chi connectivity index (χ2v) is 3.30. The van der Waals surface area contributed by atoms with Gasteiger partial charge in [-0.05, 0) is 7.05 Å². The van der Waals surface area contributed by atoms with Crippen LogP contribution in [0.4, 0.5) is 0 Å². The molecule has 0 aliphatic rings. The Morgan fingerprint density at radius 3 is 2.64 bits per heavy atom. The fourth-order valence-corrected chi connectivity index (χ4v) is 1.08. The summed E-state index contributed by atoms with van der Waals surface area (Å²) in [5.41, 5.74) is 0. The summed E-state index contributed by atoms with van der Waals surface area (Å²) in [4.78, 5) is 11.5. The Morgan fingerprint density at radius 1 is 1.57 bits per heavy atom. The summed E-state index contributed by atoms with van der Waals surface area (Å²) in [5.74, 6) is -0.179. The molecule has 0 saturated heterocycles. The highest BCUT2D eigenvalue weighted by Gasteiger charge is 2.16. The van der Waals surface area contributed by atoms with Gasteiger partial charge in [-0.15, -0.1) is 0 Å². The minimum atomic E-state index is -0.313. The minimum Gasteiger partial charge on any atom is -0.394 e. The Balaban J connectivity index is 3.88. The molecule has 0 spiro atoms. The van der Waals surface area contributed by atoms with Crippen LogP contribution in [-0.4, -0.2) is 51.0 Å². The first-order chi connectivity index (χ1) is 6.65. The summed E-state index contributed by atoms with van der Waals surface area (Å²) < 4.78 is 4.85. The first kappa shape index (κ1) is 13.4. The number of aliphatic hydroxyl groups excluding tert-OH is 1. The summed E-state index contributed by atoms with van der Waals surface area (Å²) in [6.07, 6.45) is 0. The molecule has 5 nitrogen and oxygen atoms in total. The number of aliphatic hydroxyl groups is 1. The molecule has 0 aromatic rings. The highest BCUT2D eigenvalue weighted by Crippen LogP contribution is 1.94. The third-order valence-corrected chi connectivity index (χ3v) is 1.89. The molecule has 0 aliphatic carbocycles. The van der Waals surface area contributed by atoms with Crippen LogP contribution < -0.4 is 10.6 Å². The molecule has 5 heteroatoms.